The van der Waals surface area contributed by atoms with Crippen LogP contribution < -0.4 is 4.90 Å². The van der Waals surface area contributed by atoms with Crippen LogP contribution in [-0.2, 0) is 0 Å². The summed E-state index contributed by atoms with van der Waals surface area (Å²) in [6.07, 6.45) is 0. The molecule has 20 heavy (non-hydrogen) atoms. The largest absolute Gasteiger partial charge is 0.309 e. The van der Waals surface area contributed by atoms with E-state index < -0.39 is 0 Å². The molecule has 2 aromatic carbocycles. The Morgan fingerprint density at radius 3 is 2.60 bits per heavy atom. The molecule has 0 spiro atoms. The van der Waals surface area contributed by atoms with Gasteiger partial charge in [-0.1, -0.05) is 12.1 Å². The first-order valence-electron chi connectivity index (χ1n) is 6.36. The van der Waals surface area contributed by atoms with Gasteiger partial charge < -0.3 is 4.90 Å². The average Bonchev–Trinajstić information content (AvgIpc) is 2.42. The van der Waals surface area contributed by atoms with Gasteiger partial charge in [0.2, 0.25) is 0 Å². The summed E-state index contributed by atoms with van der Waals surface area (Å²) < 4.78 is 13.5. The Bertz CT molecular complexity index is 642. The quantitative estimate of drug-likeness (QED) is 0.804. The SMILES string of the molecule is CCN(C(=O)c1ccc(F)c(Br)c1)c1cccc(C)c1. The van der Waals surface area contributed by atoms with Crippen LogP contribution in [0, 0.1) is 12.7 Å². The molecule has 2 rings (SSSR count). The van der Waals surface area contributed by atoms with Gasteiger partial charge in [0.25, 0.3) is 5.91 Å². The lowest BCUT2D eigenvalue weighted by atomic mass is 10.1. The fourth-order valence-electron chi connectivity index (χ4n) is 2.02. The highest BCUT2D eigenvalue weighted by atomic mass is 79.9. The number of halogens is 2. The minimum absolute atomic E-state index is 0.140. The van der Waals surface area contributed by atoms with Crippen molar-refractivity contribution in [2.45, 2.75) is 13.8 Å². The highest BCUT2D eigenvalue weighted by molar-refractivity contribution is 9.10. The molecule has 2 aromatic rings. The number of rotatable bonds is 3. The Labute approximate surface area is 126 Å². The van der Waals surface area contributed by atoms with Gasteiger partial charge >= 0.3 is 0 Å². The molecule has 0 atom stereocenters. The van der Waals surface area contributed by atoms with Gasteiger partial charge in [0, 0.05) is 17.8 Å². The fourth-order valence-corrected chi connectivity index (χ4v) is 2.40. The fraction of sp³-hybridized carbons (Fsp3) is 0.188. The number of amides is 1. The average molecular weight is 336 g/mol. The van der Waals surface area contributed by atoms with Crippen LogP contribution in [0.2, 0.25) is 0 Å². The Balaban J connectivity index is 2.36. The van der Waals surface area contributed by atoms with Crippen molar-refractivity contribution in [3.8, 4) is 0 Å². The maximum absolute atomic E-state index is 13.2. The number of hydrogen-bond donors (Lipinski definition) is 0. The van der Waals surface area contributed by atoms with Gasteiger partial charge in [-0.2, -0.15) is 0 Å². The lowest BCUT2D eigenvalue weighted by molar-refractivity contribution is 0.0988. The number of nitrogens with zero attached hydrogens (tertiary/aromatic N) is 1. The summed E-state index contributed by atoms with van der Waals surface area (Å²) in [6.45, 7) is 4.45. The van der Waals surface area contributed by atoms with E-state index >= 15 is 0 Å². The smallest absolute Gasteiger partial charge is 0.258 e. The van der Waals surface area contributed by atoms with Crippen molar-refractivity contribution in [1.82, 2.24) is 0 Å². The summed E-state index contributed by atoms with van der Waals surface area (Å²) in [5.41, 5.74) is 2.40. The van der Waals surface area contributed by atoms with Gasteiger partial charge in [-0.15, -0.1) is 0 Å². The van der Waals surface area contributed by atoms with E-state index in [4.69, 9.17) is 0 Å². The molecule has 0 fully saturated rings. The van der Waals surface area contributed by atoms with Crippen LogP contribution in [0.5, 0.6) is 0 Å². The summed E-state index contributed by atoms with van der Waals surface area (Å²) in [4.78, 5) is 14.2. The van der Waals surface area contributed by atoms with Crippen molar-refractivity contribution in [3.63, 3.8) is 0 Å². The predicted octanol–water partition coefficient (Wildman–Crippen LogP) is 4.56. The van der Waals surface area contributed by atoms with Gasteiger partial charge in [-0.3, -0.25) is 4.79 Å². The molecule has 0 aliphatic rings. The molecule has 0 saturated carbocycles. The molecule has 104 valence electrons. The Kier molecular flexibility index (Phi) is 4.55. The molecular weight excluding hydrogens is 321 g/mol. The highest BCUT2D eigenvalue weighted by Crippen LogP contribution is 2.21. The second kappa shape index (κ2) is 6.18. The van der Waals surface area contributed by atoms with E-state index in [1.54, 1.807) is 4.90 Å². The molecule has 0 aliphatic heterocycles. The lowest BCUT2D eigenvalue weighted by Gasteiger charge is -2.21. The summed E-state index contributed by atoms with van der Waals surface area (Å²) in [5, 5.41) is 0. The zero-order valence-corrected chi connectivity index (χ0v) is 12.9. The third-order valence-electron chi connectivity index (χ3n) is 3.04. The van der Waals surface area contributed by atoms with Crippen LogP contribution in [0.15, 0.2) is 46.9 Å². The number of carbonyl (C=O) groups is 1. The molecule has 0 aromatic heterocycles. The molecule has 0 bridgehead atoms. The molecule has 0 aliphatic carbocycles. The predicted molar refractivity (Wildman–Crippen MR) is 82.6 cm³/mol. The van der Waals surface area contributed by atoms with E-state index in [0.717, 1.165) is 11.3 Å². The van der Waals surface area contributed by atoms with E-state index in [1.165, 1.54) is 18.2 Å². The van der Waals surface area contributed by atoms with Gasteiger partial charge in [-0.05, 0) is 65.7 Å². The summed E-state index contributed by atoms with van der Waals surface area (Å²) in [7, 11) is 0. The molecule has 0 radical (unpaired) electrons. The highest BCUT2D eigenvalue weighted by Gasteiger charge is 2.17. The van der Waals surface area contributed by atoms with Crippen LogP contribution in [0.1, 0.15) is 22.8 Å². The maximum Gasteiger partial charge on any atom is 0.258 e. The monoisotopic (exact) mass is 335 g/mol. The Morgan fingerprint density at radius 2 is 2.00 bits per heavy atom. The molecule has 1 amide bonds. The molecule has 0 N–H and O–H groups in total. The van der Waals surface area contributed by atoms with Crippen LogP contribution in [-0.4, -0.2) is 12.5 Å². The van der Waals surface area contributed by atoms with E-state index in [0.29, 0.717) is 16.6 Å². The minimum atomic E-state index is -0.375. The second-order valence-electron chi connectivity index (χ2n) is 4.52. The number of carbonyl (C=O) groups excluding carboxylic acids is 1. The topological polar surface area (TPSA) is 20.3 Å². The molecule has 4 heteroatoms. The van der Waals surface area contributed by atoms with Gasteiger partial charge in [0.15, 0.2) is 0 Å². The van der Waals surface area contributed by atoms with Crippen molar-refractivity contribution in [1.29, 1.82) is 0 Å². The molecule has 0 unspecified atom stereocenters. The lowest BCUT2D eigenvalue weighted by Crippen LogP contribution is -2.30. The number of anilines is 1. The van der Waals surface area contributed by atoms with Crippen LogP contribution in [0.4, 0.5) is 10.1 Å². The molecule has 0 heterocycles. The molecule has 0 saturated heterocycles. The zero-order valence-electron chi connectivity index (χ0n) is 11.4. The van der Waals surface area contributed by atoms with Crippen LogP contribution in [0.25, 0.3) is 0 Å². The Morgan fingerprint density at radius 1 is 1.25 bits per heavy atom. The molecule has 2 nitrogen and oxygen atoms in total. The first-order valence-corrected chi connectivity index (χ1v) is 7.16. The van der Waals surface area contributed by atoms with Gasteiger partial charge in [0.05, 0.1) is 4.47 Å². The zero-order chi connectivity index (χ0) is 14.7. The van der Waals surface area contributed by atoms with Crippen molar-refractivity contribution in [2.24, 2.45) is 0 Å². The summed E-state index contributed by atoms with van der Waals surface area (Å²) in [6, 6.07) is 12.1. The van der Waals surface area contributed by atoms with Crippen molar-refractivity contribution in [3.05, 3.63) is 63.9 Å². The van der Waals surface area contributed by atoms with Crippen molar-refractivity contribution < 1.29 is 9.18 Å². The normalized spacial score (nSPS) is 10.4. The Hall–Kier alpha value is -1.68. The number of benzene rings is 2. The second-order valence-corrected chi connectivity index (χ2v) is 5.37. The van der Waals surface area contributed by atoms with E-state index in [9.17, 15) is 9.18 Å². The van der Waals surface area contributed by atoms with Crippen LogP contribution >= 0.6 is 15.9 Å². The molecular formula is C16H15BrFNO. The summed E-state index contributed by atoms with van der Waals surface area (Å²) in [5.74, 6) is -0.515. The van der Waals surface area contributed by atoms with E-state index in [2.05, 4.69) is 15.9 Å². The van der Waals surface area contributed by atoms with Gasteiger partial charge in [-0.25, -0.2) is 4.39 Å². The first kappa shape index (κ1) is 14.7. The third-order valence-corrected chi connectivity index (χ3v) is 3.65. The maximum atomic E-state index is 13.2. The van der Waals surface area contributed by atoms with Crippen molar-refractivity contribution >= 4 is 27.5 Å². The van der Waals surface area contributed by atoms with Gasteiger partial charge in [0.1, 0.15) is 5.82 Å². The van der Waals surface area contributed by atoms with E-state index in [1.807, 2.05) is 38.1 Å². The standard InChI is InChI=1S/C16H15BrFNO/c1-3-19(13-6-4-5-11(2)9-13)16(20)12-7-8-15(18)14(17)10-12/h4-10H,3H2,1-2H3. The number of aryl methyl sites for hydroxylation is 1. The summed E-state index contributed by atoms with van der Waals surface area (Å²) >= 11 is 3.11. The van der Waals surface area contributed by atoms with Crippen LogP contribution in [0.3, 0.4) is 0 Å². The van der Waals surface area contributed by atoms with Crippen molar-refractivity contribution in [2.75, 3.05) is 11.4 Å². The third kappa shape index (κ3) is 3.07. The van der Waals surface area contributed by atoms with E-state index in [-0.39, 0.29) is 11.7 Å². The minimum Gasteiger partial charge on any atom is -0.309 e. The number of hydrogen-bond acceptors (Lipinski definition) is 1. The first-order chi connectivity index (χ1) is 9.52.